The van der Waals surface area contributed by atoms with Gasteiger partial charge in [0.15, 0.2) is 11.5 Å². The van der Waals surface area contributed by atoms with Crippen LogP contribution in [0.15, 0.2) is 42.5 Å². The van der Waals surface area contributed by atoms with Gasteiger partial charge in [-0.05, 0) is 31.2 Å². The Morgan fingerprint density at radius 3 is 2.58 bits per heavy atom. The Morgan fingerprint density at radius 1 is 1.12 bits per heavy atom. The van der Waals surface area contributed by atoms with Gasteiger partial charge in [-0.1, -0.05) is 23.7 Å². The molecule has 0 aliphatic carbocycles. The third-order valence-corrected chi connectivity index (χ3v) is 4.26. The summed E-state index contributed by atoms with van der Waals surface area (Å²) < 4.78 is 11.0. The first-order valence-corrected chi connectivity index (χ1v) is 8.69. The van der Waals surface area contributed by atoms with Gasteiger partial charge in [0.05, 0.1) is 10.6 Å². The van der Waals surface area contributed by atoms with Crippen LogP contribution < -0.4 is 14.8 Å². The van der Waals surface area contributed by atoms with Crippen LogP contribution in [-0.4, -0.2) is 43.0 Å². The molecule has 2 aromatic rings. The number of nitrogens with one attached hydrogen (secondary N) is 1. The minimum Gasteiger partial charge on any atom is -0.486 e. The molecule has 6 nitrogen and oxygen atoms in total. The summed E-state index contributed by atoms with van der Waals surface area (Å²) in [5, 5.41) is 3.14. The quantitative estimate of drug-likeness (QED) is 0.872. The predicted octanol–water partition coefficient (Wildman–Crippen LogP) is 3.21. The summed E-state index contributed by atoms with van der Waals surface area (Å²) in [7, 11) is 0. The van der Waals surface area contributed by atoms with E-state index in [4.69, 9.17) is 21.1 Å². The maximum atomic E-state index is 12.6. The molecular weight excluding hydrogens is 356 g/mol. The van der Waals surface area contributed by atoms with Crippen LogP contribution in [0.2, 0.25) is 5.02 Å². The van der Waals surface area contributed by atoms with E-state index < -0.39 is 0 Å². The molecule has 7 heteroatoms. The number of ether oxygens (including phenoxy) is 2. The topological polar surface area (TPSA) is 67.9 Å². The fraction of sp³-hybridized carbons (Fsp3) is 0.263. The molecule has 26 heavy (non-hydrogen) atoms. The molecule has 1 N–H and O–H groups in total. The van der Waals surface area contributed by atoms with Crippen LogP contribution in [0.5, 0.6) is 11.5 Å². The van der Waals surface area contributed by atoms with Gasteiger partial charge >= 0.3 is 0 Å². The number of rotatable bonds is 5. The van der Waals surface area contributed by atoms with Crippen LogP contribution in [-0.2, 0) is 4.79 Å². The summed E-state index contributed by atoms with van der Waals surface area (Å²) in [6.45, 7) is 3.11. The maximum Gasteiger partial charge on any atom is 0.255 e. The summed E-state index contributed by atoms with van der Waals surface area (Å²) in [4.78, 5) is 26.4. The second-order valence-corrected chi connectivity index (χ2v) is 6.11. The molecular formula is C19H19ClN2O4. The van der Waals surface area contributed by atoms with E-state index in [0.29, 0.717) is 47.5 Å². The van der Waals surface area contributed by atoms with E-state index in [2.05, 4.69) is 5.32 Å². The normalized spacial score (nSPS) is 12.4. The summed E-state index contributed by atoms with van der Waals surface area (Å²) in [5.74, 6) is 0.659. The summed E-state index contributed by atoms with van der Waals surface area (Å²) in [5.41, 5.74) is 0.962. The van der Waals surface area contributed by atoms with Gasteiger partial charge in [0.1, 0.15) is 19.8 Å². The largest absolute Gasteiger partial charge is 0.486 e. The van der Waals surface area contributed by atoms with E-state index in [1.165, 1.54) is 4.90 Å². The number of amides is 2. The SMILES string of the molecule is CCN(CC(=O)Nc1ccc2c(c1)OCCO2)C(=O)c1ccccc1Cl. The molecule has 1 heterocycles. The minimum absolute atomic E-state index is 0.0744. The number of benzene rings is 2. The van der Waals surface area contributed by atoms with Crippen molar-refractivity contribution in [2.75, 3.05) is 31.6 Å². The fourth-order valence-electron chi connectivity index (χ4n) is 2.63. The number of nitrogens with zero attached hydrogens (tertiary/aromatic N) is 1. The molecule has 3 rings (SSSR count). The lowest BCUT2D eigenvalue weighted by Crippen LogP contribution is -2.38. The van der Waals surface area contributed by atoms with Crippen molar-refractivity contribution in [1.29, 1.82) is 0 Å². The molecule has 0 unspecified atom stereocenters. The number of hydrogen-bond acceptors (Lipinski definition) is 4. The molecule has 1 aliphatic heterocycles. The summed E-state index contributed by atoms with van der Waals surface area (Å²) >= 11 is 6.08. The first-order chi connectivity index (χ1) is 12.6. The summed E-state index contributed by atoms with van der Waals surface area (Å²) in [6.07, 6.45) is 0. The molecule has 0 bridgehead atoms. The van der Waals surface area contributed by atoms with Gasteiger partial charge in [0.2, 0.25) is 5.91 Å². The number of fused-ring (bicyclic) bond motifs is 1. The van der Waals surface area contributed by atoms with E-state index in [-0.39, 0.29) is 18.4 Å². The zero-order valence-corrected chi connectivity index (χ0v) is 15.1. The molecule has 1 aliphatic rings. The van der Waals surface area contributed by atoms with Crippen LogP contribution in [0.1, 0.15) is 17.3 Å². The van der Waals surface area contributed by atoms with Crippen molar-refractivity contribution >= 4 is 29.1 Å². The van der Waals surface area contributed by atoms with E-state index >= 15 is 0 Å². The van der Waals surface area contributed by atoms with Crippen molar-refractivity contribution < 1.29 is 19.1 Å². The van der Waals surface area contributed by atoms with Crippen molar-refractivity contribution in [2.45, 2.75) is 6.92 Å². The highest BCUT2D eigenvalue weighted by molar-refractivity contribution is 6.33. The molecule has 2 aromatic carbocycles. The van der Waals surface area contributed by atoms with Crippen molar-refractivity contribution in [1.82, 2.24) is 4.90 Å². The Kier molecular flexibility index (Phi) is 5.63. The van der Waals surface area contributed by atoms with Gasteiger partial charge in [0.25, 0.3) is 5.91 Å². The molecule has 0 fully saturated rings. The zero-order chi connectivity index (χ0) is 18.5. The Labute approximate surface area is 156 Å². The molecule has 2 amide bonds. The Hall–Kier alpha value is -2.73. The molecule has 136 valence electrons. The highest BCUT2D eigenvalue weighted by Crippen LogP contribution is 2.32. The molecule has 0 atom stereocenters. The van der Waals surface area contributed by atoms with Crippen LogP contribution in [0.4, 0.5) is 5.69 Å². The molecule has 0 spiro atoms. The average Bonchev–Trinajstić information content (AvgIpc) is 2.66. The van der Waals surface area contributed by atoms with Crippen molar-refractivity contribution in [3.05, 3.63) is 53.1 Å². The Balaban J connectivity index is 1.66. The van der Waals surface area contributed by atoms with Gasteiger partial charge in [-0.15, -0.1) is 0 Å². The van der Waals surface area contributed by atoms with Crippen molar-refractivity contribution in [3.8, 4) is 11.5 Å². The highest BCUT2D eigenvalue weighted by Gasteiger charge is 2.20. The first kappa shape index (κ1) is 18.1. The maximum absolute atomic E-state index is 12.6. The van der Waals surface area contributed by atoms with E-state index in [1.807, 2.05) is 6.92 Å². The zero-order valence-electron chi connectivity index (χ0n) is 14.3. The Morgan fingerprint density at radius 2 is 1.85 bits per heavy atom. The lowest BCUT2D eigenvalue weighted by molar-refractivity contribution is -0.116. The number of carbonyl (C=O) groups excluding carboxylic acids is 2. The van der Waals surface area contributed by atoms with E-state index in [9.17, 15) is 9.59 Å². The lowest BCUT2D eigenvalue weighted by Gasteiger charge is -2.22. The van der Waals surface area contributed by atoms with Crippen LogP contribution in [0, 0.1) is 0 Å². The summed E-state index contributed by atoms with van der Waals surface area (Å²) in [6, 6.07) is 12.0. The highest BCUT2D eigenvalue weighted by atomic mass is 35.5. The fourth-order valence-corrected chi connectivity index (χ4v) is 2.84. The van der Waals surface area contributed by atoms with Gasteiger partial charge in [-0.2, -0.15) is 0 Å². The first-order valence-electron chi connectivity index (χ1n) is 8.31. The molecule has 0 aromatic heterocycles. The van der Waals surface area contributed by atoms with Crippen LogP contribution in [0.25, 0.3) is 0 Å². The lowest BCUT2D eigenvalue weighted by atomic mass is 10.2. The molecule has 0 radical (unpaired) electrons. The molecule has 0 saturated carbocycles. The number of anilines is 1. The monoisotopic (exact) mass is 374 g/mol. The third-order valence-electron chi connectivity index (χ3n) is 3.93. The van der Waals surface area contributed by atoms with E-state index in [1.54, 1.807) is 42.5 Å². The van der Waals surface area contributed by atoms with Crippen molar-refractivity contribution in [3.63, 3.8) is 0 Å². The third kappa shape index (κ3) is 4.08. The molecule has 0 saturated heterocycles. The second-order valence-electron chi connectivity index (χ2n) is 5.71. The number of carbonyl (C=O) groups is 2. The number of halogens is 1. The number of likely N-dealkylation sites (N-methyl/N-ethyl adjacent to an activating group) is 1. The predicted molar refractivity (Wildman–Crippen MR) is 99.1 cm³/mol. The second kappa shape index (κ2) is 8.10. The van der Waals surface area contributed by atoms with Crippen LogP contribution in [0.3, 0.4) is 0 Å². The van der Waals surface area contributed by atoms with Gasteiger partial charge in [0, 0.05) is 18.3 Å². The van der Waals surface area contributed by atoms with Gasteiger partial charge < -0.3 is 19.7 Å². The smallest absolute Gasteiger partial charge is 0.255 e. The number of hydrogen-bond donors (Lipinski definition) is 1. The standard InChI is InChI=1S/C19H19ClN2O4/c1-2-22(19(24)14-5-3-4-6-15(14)20)12-18(23)21-13-7-8-16-17(11-13)26-10-9-25-16/h3-8,11H,2,9-10,12H2,1H3,(H,21,23). The average molecular weight is 375 g/mol. The Bertz CT molecular complexity index is 825. The van der Waals surface area contributed by atoms with Gasteiger partial charge in [-0.3, -0.25) is 9.59 Å². The minimum atomic E-state index is -0.302. The van der Waals surface area contributed by atoms with Crippen molar-refractivity contribution in [2.24, 2.45) is 0 Å². The van der Waals surface area contributed by atoms with Crippen LogP contribution >= 0.6 is 11.6 Å². The van der Waals surface area contributed by atoms with Gasteiger partial charge in [-0.25, -0.2) is 0 Å². The van der Waals surface area contributed by atoms with E-state index in [0.717, 1.165) is 0 Å².